The van der Waals surface area contributed by atoms with Crippen molar-refractivity contribution in [1.82, 2.24) is 29.4 Å². The van der Waals surface area contributed by atoms with E-state index in [1.165, 1.54) is 119 Å². The fraction of sp³-hybridized carbons (Fsp3) is 0.417. The number of carbonyl (C=O) groups excluding carboxylic acids is 6. The largest absolute Gasteiger partial charge is 0.456 e. The number of ether oxygens (including phenoxy) is 3. The summed E-state index contributed by atoms with van der Waals surface area (Å²) in [5.41, 5.74) is 7.56. The number of alkyl halides is 2. The number of esters is 3. The lowest BCUT2D eigenvalue weighted by Gasteiger charge is -2.51. The van der Waals surface area contributed by atoms with E-state index < -0.39 is 49.5 Å². The first kappa shape index (κ1) is 50.4. The van der Waals surface area contributed by atoms with E-state index in [-0.39, 0.29) is 52.1 Å². The summed E-state index contributed by atoms with van der Waals surface area (Å²) < 4.78 is 18.8. The van der Waals surface area contributed by atoms with Crippen LogP contribution >= 0.6 is 55.4 Å². The van der Waals surface area contributed by atoms with Crippen LogP contribution in [0.4, 0.5) is 11.4 Å². The van der Waals surface area contributed by atoms with Gasteiger partial charge in [-0.05, 0) is 85.8 Å². The van der Waals surface area contributed by atoms with E-state index in [9.17, 15) is 49.0 Å². The summed E-state index contributed by atoms with van der Waals surface area (Å²) in [5.74, 6) is -0.297. The van der Waals surface area contributed by atoms with Gasteiger partial charge in [0.25, 0.3) is 17.3 Å². The highest BCUT2D eigenvalue weighted by Gasteiger charge is 2.70. The number of benzene rings is 2. The third-order valence-electron chi connectivity index (χ3n) is 14.5. The van der Waals surface area contributed by atoms with Crippen LogP contribution in [-0.4, -0.2) is 95.1 Å². The van der Waals surface area contributed by atoms with E-state index >= 15 is 0 Å². The summed E-state index contributed by atoms with van der Waals surface area (Å²) in [6.07, 6.45) is 6.93. The molecule has 380 valence electrons. The van der Waals surface area contributed by atoms with Gasteiger partial charge >= 0.3 is 17.9 Å². The molecule has 0 N–H and O–H groups in total. The highest BCUT2D eigenvalue weighted by atomic mass is 79.9. The van der Waals surface area contributed by atoms with Gasteiger partial charge in [-0.2, -0.15) is 10.2 Å². The topological polar surface area (TPSA) is 259 Å². The molecule has 2 amide bonds. The van der Waals surface area contributed by atoms with Gasteiger partial charge in [0.15, 0.2) is 16.7 Å². The Morgan fingerprint density at radius 2 is 1.27 bits per heavy atom. The van der Waals surface area contributed by atoms with E-state index in [1.54, 1.807) is 10.8 Å². The summed E-state index contributed by atoms with van der Waals surface area (Å²) in [6.45, 7) is 1.19. The normalized spacial score (nSPS) is 26.3. The molecule has 6 heterocycles. The van der Waals surface area contributed by atoms with Crippen LogP contribution in [0.3, 0.4) is 0 Å². The second kappa shape index (κ2) is 19.6. The third-order valence-corrected chi connectivity index (χ3v) is 19.6. The molecule has 8 aliphatic rings. The van der Waals surface area contributed by atoms with Crippen LogP contribution < -0.4 is 0 Å². The predicted octanol–water partition coefficient (Wildman–Crippen LogP) is 7.69. The van der Waals surface area contributed by atoms with Gasteiger partial charge in [0.05, 0.1) is 9.85 Å². The molecular formula is C48H44Br2N8O13S2. The molecule has 73 heavy (non-hydrogen) atoms. The van der Waals surface area contributed by atoms with Gasteiger partial charge in [0.1, 0.15) is 51.6 Å². The molecule has 2 saturated heterocycles. The first-order chi connectivity index (χ1) is 34.9. The number of hydrogen-bond acceptors (Lipinski definition) is 17. The Labute approximate surface area is 440 Å². The molecule has 0 radical (unpaired) electrons. The molecule has 25 heteroatoms. The lowest BCUT2D eigenvalue weighted by molar-refractivity contribution is -0.385. The third kappa shape index (κ3) is 8.67. The molecule has 4 aliphatic carbocycles. The Kier molecular flexibility index (Phi) is 13.5. The number of thioether (sulfide) groups is 2. The van der Waals surface area contributed by atoms with Crippen molar-refractivity contribution >= 4 is 103 Å². The summed E-state index contributed by atoms with van der Waals surface area (Å²) in [5, 5.41) is 32.9. The number of β-lactam (4-membered cyclic amide) rings is 2. The standard InChI is InChI=1S/C25H23BrN4O7S.C13H9BrN2O5S.C10H12N2O/c1-12(31)37-21(19-18-14-5-6-15(9-14)20(18)28(2)27-19)25(26)23(33)29-17(11-38-24(25)29)22(32)36-10-13-3-7-16(8-4-13)30(34)35;14-10-11(17)15-9(6-22-12(10)15)13(18)21-5-7-1-3-8(4-2-7)16(19)20;1-12-10-7-3-2-6(4-7)9(10)8(5-13)11-12/h3-4,7-8,11,14-15,21,24H,5-6,9-10H2,1-2H3;1-4,6,10,12H,5H2;5-7H,2-4H2,1H3/t14?,15?,21?,24-,25?;10-,12+;/m10./s1. The van der Waals surface area contributed by atoms with Crippen molar-refractivity contribution < 1.29 is 52.8 Å². The van der Waals surface area contributed by atoms with Gasteiger partial charge < -0.3 is 14.2 Å². The molecule has 2 aromatic carbocycles. The molecule has 4 aromatic rings. The van der Waals surface area contributed by atoms with E-state index in [1.807, 2.05) is 23.5 Å². The number of nitro benzene ring substituents is 2. The highest BCUT2D eigenvalue weighted by Crippen LogP contribution is 2.61. The van der Waals surface area contributed by atoms with Crippen molar-refractivity contribution in [2.45, 2.75) is 108 Å². The zero-order chi connectivity index (χ0) is 51.8. The van der Waals surface area contributed by atoms with Crippen LogP contribution in [0.1, 0.15) is 125 Å². The monoisotopic (exact) mass is 1160 g/mol. The highest BCUT2D eigenvalue weighted by molar-refractivity contribution is 9.10. The van der Waals surface area contributed by atoms with Crippen molar-refractivity contribution in [3.05, 3.63) is 136 Å². The summed E-state index contributed by atoms with van der Waals surface area (Å²) in [4.78, 5) is 96.1. The van der Waals surface area contributed by atoms with Crippen LogP contribution in [0.15, 0.2) is 70.7 Å². The summed E-state index contributed by atoms with van der Waals surface area (Å²) in [7, 11) is 3.83. The molecule has 9 atom stereocenters. The number of aryl methyl sites for hydroxylation is 2. The van der Waals surface area contributed by atoms with Crippen molar-refractivity contribution in [1.29, 1.82) is 0 Å². The zero-order valence-corrected chi connectivity index (χ0v) is 43.9. The Hall–Kier alpha value is -6.18. The molecule has 4 fully saturated rings. The van der Waals surface area contributed by atoms with Gasteiger partial charge in [-0.3, -0.25) is 58.6 Å². The fourth-order valence-corrected chi connectivity index (χ4v) is 15.4. The van der Waals surface area contributed by atoms with Crippen LogP contribution in [0.5, 0.6) is 0 Å². The van der Waals surface area contributed by atoms with Crippen LogP contribution in [0, 0.1) is 20.2 Å². The minimum atomic E-state index is -1.30. The quantitative estimate of drug-likeness (QED) is 0.0250. The lowest BCUT2D eigenvalue weighted by Crippen LogP contribution is -2.70. The second-order valence-corrected chi connectivity index (χ2v) is 23.0. The van der Waals surface area contributed by atoms with Gasteiger partial charge in [-0.25, -0.2) is 9.59 Å². The summed E-state index contributed by atoms with van der Waals surface area (Å²) in [6, 6.07) is 11.4. The predicted molar refractivity (Wildman–Crippen MR) is 268 cm³/mol. The minimum absolute atomic E-state index is 0.0106. The molecular weight excluding hydrogens is 1120 g/mol. The van der Waals surface area contributed by atoms with Crippen LogP contribution in [0.2, 0.25) is 0 Å². The number of fused-ring (bicyclic) bond motifs is 12. The average Bonchev–Trinajstić information content (AvgIpc) is 4.26. The molecule has 0 spiro atoms. The number of aldehydes is 1. The molecule has 2 aromatic heterocycles. The maximum absolute atomic E-state index is 13.6. The molecule has 12 rings (SSSR count). The minimum Gasteiger partial charge on any atom is -0.456 e. The number of nitro groups is 2. The van der Waals surface area contributed by atoms with Crippen molar-refractivity contribution in [3.63, 3.8) is 0 Å². The Morgan fingerprint density at radius 3 is 1.81 bits per heavy atom. The Morgan fingerprint density at radius 1 is 0.781 bits per heavy atom. The van der Waals surface area contributed by atoms with Crippen molar-refractivity contribution in [3.8, 4) is 0 Å². The number of amides is 2. The number of nitrogens with zero attached hydrogens (tertiary/aromatic N) is 8. The van der Waals surface area contributed by atoms with Crippen LogP contribution in [0.25, 0.3) is 0 Å². The Balaban J connectivity index is 0.000000145. The number of rotatable bonds is 12. The van der Waals surface area contributed by atoms with Crippen LogP contribution in [-0.2, 0) is 65.5 Å². The molecule has 6 unspecified atom stereocenters. The van der Waals surface area contributed by atoms with E-state index in [0.29, 0.717) is 46.2 Å². The van der Waals surface area contributed by atoms with Gasteiger partial charge in [-0.15, -0.1) is 23.5 Å². The maximum atomic E-state index is 13.6. The number of carbonyl (C=O) groups is 6. The van der Waals surface area contributed by atoms with E-state index in [2.05, 4.69) is 37.0 Å². The molecule has 2 saturated carbocycles. The first-order valence-electron chi connectivity index (χ1n) is 23.2. The first-order valence-corrected chi connectivity index (χ1v) is 26.8. The van der Waals surface area contributed by atoms with E-state index in [0.717, 1.165) is 36.8 Å². The van der Waals surface area contributed by atoms with Crippen molar-refractivity contribution in [2.75, 3.05) is 0 Å². The lowest BCUT2D eigenvalue weighted by atomic mass is 9.85. The molecule has 4 aliphatic heterocycles. The van der Waals surface area contributed by atoms with Gasteiger partial charge in [-0.1, -0.05) is 31.9 Å². The Bertz CT molecular complexity index is 3090. The van der Waals surface area contributed by atoms with E-state index in [4.69, 9.17) is 19.3 Å². The van der Waals surface area contributed by atoms with Gasteiger partial charge in [0, 0.05) is 90.5 Å². The fourth-order valence-electron chi connectivity index (χ4n) is 11.2. The summed E-state index contributed by atoms with van der Waals surface area (Å²) >= 11 is 9.54. The molecule has 4 bridgehead atoms. The number of halogens is 2. The SMILES string of the molecule is CC(=O)OC(c1nn(C)c2c1C1CCC2C1)C1(Br)C(=O)N2C(C(=O)OCc3ccc([N+](=O)[O-])cc3)=CS[C@@H]21.Cn1nc(C=O)c2c1C1CCC2C1.O=C(OCc1ccc([N+](=O)[O-])cc1)C1=CS[C@@H]2[C@@H](Br)C(=O)N12. The molecule has 21 nitrogen and oxygen atoms in total. The number of hydrogen-bond donors (Lipinski definition) is 0. The number of non-ortho nitro benzene ring substituents is 2. The smallest absolute Gasteiger partial charge is 0.355 e. The zero-order valence-electron chi connectivity index (χ0n) is 39.1. The number of aromatic nitrogens is 4. The van der Waals surface area contributed by atoms with Gasteiger partial charge in [0.2, 0.25) is 5.91 Å². The van der Waals surface area contributed by atoms with Crippen molar-refractivity contribution in [2.24, 2.45) is 14.1 Å². The average molecular weight is 1160 g/mol. The second-order valence-electron chi connectivity index (χ2n) is 18.7. The maximum Gasteiger partial charge on any atom is 0.355 e.